The molecule has 0 aliphatic carbocycles. The molecule has 1 aliphatic rings. The van der Waals surface area contributed by atoms with Gasteiger partial charge in [0.1, 0.15) is 6.10 Å². The molecule has 100 valence electrons. The molecule has 0 bridgehead atoms. The summed E-state index contributed by atoms with van der Waals surface area (Å²) in [6.45, 7) is 7.01. The van der Waals surface area contributed by atoms with Gasteiger partial charge in [0.25, 0.3) is 0 Å². The number of hydrogen-bond acceptors (Lipinski definition) is 5. The van der Waals surface area contributed by atoms with E-state index in [4.69, 9.17) is 4.74 Å². The lowest BCUT2D eigenvalue weighted by atomic mass is 10.2. The highest BCUT2D eigenvalue weighted by Gasteiger charge is 2.19. The predicted octanol–water partition coefficient (Wildman–Crippen LogP) is 2.03. The maximum absolute atomic E-state index is 5.70. The topological polar surface area (TPSA) is 47.0 Å². The van der Waals surface area contributed by atoms with E-state index < -0.39 is 0 Å². The second-order valence-corrected chi connectivity index (χ2v) is 6.02. The molecule has 18 heavy (non-hydrogen) atoms. The van der Waals surface area contributed by atoms with Crippen molar-refractivity contribution in [2.75, 3.05) is 24.7 Å². The Kier molecular flexibility index (Phi) is 5.41. The molecule has 1 unspecified atom stereocenters. The smallest absolute Gasteiger partial charge is 0.158 e. The molecule has 0 radical (unpaired) electrons. The van der Waals surface area contributed by atoms with Gasteiger partial charge in [0.05, 0.1) is 12.3 Å². The van der Waals surface area contributed by atoms with E-state index in [-0.39, 0.29) is 6.10 Å². The average molecular weight is 267 g/mol. The summed E-state index contributed by atoms with van der Waals surface area (Å²) in [5.74, 6) is 3.52. The van der Waals surface area contributed by atoms with Crippen LogP contribution >= 0.6 is 11.8 Å². The highest BCUT2D eigenvalue weighted by Crippen LogP contribution is 2.23. The van der Waals surface area contributed by atoms with Crippen LogP contribution in [-0.2, 0) is 11.3 Å². The first-order valence-electron chi connectivity index (χ1n) is 6.47. The van der Waals surface area contributed by atoms with Crippen molar-refractivity contribution in [2.24, 2.45) is 5.92 Å². The largest absolute Gasteiger partial charge is 0.368 e. The van der Waals surface area contributed by atoms with Crippen molar-refractivity contribution in [3.63, 3.8) is 0 Å². The maximum Gasteiger partial charge on any atom is 0.158 e. The molecule has 5 heteroatoms. The van der Waals surface area contributed by atoms with Gasteiger partial charge in [-0.15, -0.1) is 0 Å². The number of thioether (sulfide) groups is 1. The van der Waals surface area contributed by atoms with Crippen LogP contribution in [0.2, 0.25) is 0 Å². The predicted molar refractivity (Wildman–Crippen MR) is 74.6 cm³/mol. The van der Waals surface area contributed by atoms with Gasteiger partial charge in [-0.3, -0.25) is 0 Å². The Balaban J connectivity index is 1.91. The van der Waals surface area contributed by atoms with Crippen LogP contribution < -0.4 is 5.32 Å². The summed E-state index contributed by atoms with van der Waals surface area (Å²) < 4.78 is 5.70. The van der Waals surface area contributed by atoms with E-state index in [0.717, 1.165) is 42.7 Å². The first kappa shape index (κ1) is 13.8. The number of nitrogens with one attached hydrogen (secondary N) is 1. The molecule has 1 aromatic heterocycles. The molecule has 1 aliphatic heterocycles. The van der Waals surface area contributed by atoms with Crippen molar-refractivity contribution in [3.05, 3.63) is 23.8 Å². The second-order valence-electron chi connectivity index (χ2n) is 4.87. The Hall–Kier alpha value is -0.650. The zero-order valence-corrected chi connectivity index (χ0v) is 11.9. The van der Waals surface area contributed by atoms with Gasteiger partial charge < -0.3 is 10.1 Å². The lowest BCUT2D eigenvalue weighted by Gasteiger charge is -2.21. The summed E-state index contributed by atoms with van der Waals surface area (Å²) in [6.07, 6.45) is 1.89. The number of nitrogens with zero attached hydrogens (tertiary/aromatic N) is 2. The molecule has 0 amide bonds. The van der Waals surface area contributed by atoms with Gasteiger partial charge in [0.2, 0.25) is 0 Å². The van der Waals surface area contributed by atoms with Crippen LogP contribution in [0.5, 0.6) is 0 Å². The van der Waals surface area contributed by atoms with E-state index in [1.54, 1.807) is 0 Å². The molecule has 0 saturated carbocycles. The molecule has 2 heterocycles. The summed E-state index contributed by atoms with van der Waals surface area (Å²) in [5.41, 5.74) is 1.04. The molecule has 1 aromatic rings. The van der Waals surface area contributed by atoms with Crippen LogP contribution in [0.4, 0.5) is 0 Å². The molecule has 1 N–H and O–H groups in total. The van der Waals surface area contributed by atoms with Crippen LogP contribution in [0.15, 0.2) is 12.3 Å². The van der Waals surface area contributed by atoms with Crippen molar-refractivity contribution in [3.8, 4) is 0 Å². The Labute approximate surface area is 113 Å². The number of rotatable bonds is 5. The number of ether oxygens (including phenoxy) is 1. The van der Waals surface area contributed by atoms with Gasteiger partial charge in [-0.05, 0) is 18.5 Å². The van der Waals surface area contributed by atoms with Crippen molar-refractivity contribution < 1.29 is 4.74 Å². The fourth-order valence-corrected chi connectivity index (χ4v) is 2.63. The standard InChI is InChI=1S/C13H21N3OS/c1-10(2)7-14-8-11-3-4-15-13(16-11)12-9-18-6-5-17-12/h3-4,10,12,14H,5-9H2,1-2H3. The van der Waals surface area contributed by atoms with E-state index in [1.807, 2.05) is 24.0 Å². The Morgan fingerprint density at radius 3 is 3.17 bits per heavy atom. The fourth-order valence-electron chi connectivity index (χ4n) is 1.79. The zero-order chi connectivity index (χ0) is 12.8. The molecule has 0 aromatic carbocycles. The molecule has 1 atom stereocenters. The SMILES string of the molecule is CC(C)CNCc1ccnc(C2CSCCO2)n1. The third-order valence-corrected chi connectivity index (χ3v) is 3.69. The summed E-state index contributed by atoms with van der Waals surface area (Å²) in [5, 5.41) is 3.39. The van der Waals surface area contributed by atoms with Crippen molar-refractivity contribution in [1.82, 2.24) is 15.3 Å². The van der Waals surface area contributed by atoms with E-state index >= 15 is 0 Å². The van der Waals surface area contributed by atoms with Gasteiger partial charge in [0, 0.05) is 24.2 Å². The lowest BCUT2D eigenvalue weighted by Crippen LogP contribution is -2.22. The minimum Gasteiger partial charge on any atom is -0.368 e. The van der Waals surface area contributed by atoms with Crippen LogP contribution in [0.1, 0.15) is 31.5 Å². The monoisotopic (exact) mass is 267 g/mol. The Morgan fingerprint density at radius 2 is 2.44 bits per heavy atom. The molecule has 2 rings (SSSR count). The van der Waals surface area contributed by atoms with Crippen LogP contribution in [0, 0.1) is 5.92 Å². The number of aromatic nitrogens is 2. The average Bonchev–Trinajstić information content (AvgIpc) is 2.40. The quantitative estimate of drug-likeness (QED) is 0.884. The van der Waals surface area contributed by atoms with Crippen LogP contribution in [-0.4, -0.2) is 34.6 Å². The van der Waals surface area contributed by atoms with Gasteiger partial charge in [-0.2, -0.15) is 11.8 Å². The first-order chi connectivity index (χ1) is 8.75. The molecule has 1 saturated heterocycles. The lowest BCUT2D eigenvalue weighted by molar-refractivity contribution is 0.0692. The highest BCUT2D eigenvalue weighted by atomic mass is 32.2. The molecule has 0 spiro atoms. The van der Waals surface area contributed by atoms with E-state index in [1.165, 1.54) is 0 Å². The van der Waals surface area contributed by atoms with Crippen LogP contribution in [0.25, 0.3) is 0 Å². The maximum atomic E-state index is 5.70. The van der Waals surface area contributed by atoms with E-state index in [0.29, 0.717) is 5.92 Å². The summed E-state index contributed by atoms with van der Waals surface area (Å²) in [7, 11) is 0. The summed E-state index contributed by atoms with van der Waals surface area (Å²) in [4.78, 5) is 8.91. The van der Waals surface area contributed by atoms with Crippen molar-refractivity contribution in [2.45, 2.75) is 26.5 Å². The minimum atomic E-state index is 0.0637. The van der Waals surface area contributed by atoms with Crippen molar-refractivity contribution >= 4 is 11.8 Å². The summed E-state index contributed by atoms with van der Waals surface area (Å²) >= 11 is 1.90. The zero-order valence-electron chi connectivity index (χ0n) is 11.1. The van der Waals surface area contributed by atoms with E-state index in [9.17, 15) is 0 Å². The molecular formula is C13H21N3OS. The molecule has 4 nitrogen and oxygen atoms in total. The summed E-state index contributed by atoms with van der Waals surface area (Å²) in [6, 6.07) is 1.97. The van der Waals surface area contributed by atoms with Crippen molar-refractivity contribution in [1.29, 1.82) is 0 Å². The second kappa shape index (κ2) is 7.07. The van der Waals surface area contributed by atoms with Gasteiger partial charge in [-0.25, -0.2) is 9.97 Å². The first-order valence-corrected chi connectivity index (χ1v) is 7.63. The van der Waals surface area contributed by atoms with E-state index in [2.05, 4.69) is 29.1 Å². The Bertz CT molecular complexity index is 367. The van der Waals surface area contributed by atoms with Gasteiger partial charge >= 0.3 is 0 Å². The third-order valence-electron chi connectivity index (χ3n) is 2.69. The normalized spacial score (nSPS) is 20.3. The Morgan fingerprint density at radius 1 is 1.56 bits per heavy atom. The fraction of sp³-hybridized carbons (Fsp3) is 0.692. The number of hydrogen-bond donors (Lipinski definition) is 1. The highest BCUT2D eigenvalue weighted by molar-refractivity contribution is 7.99. The molecular weight excluding hydrogens is 246 g/mol. The van der Waals surface area contributed by atoms with Crippen LogP contribution in [0.3, 0.4) is 0 Å². The van der Waals surface area contributed by atoms with Gasteiger partial charge in [-0.1, -0.05) is 13.8 Å². The minimum absolute atomic E-state index is 0.0637. The van der Waals surface area contributed by atoms with Gasteiger partial charge in [0.15, 0.2) is 5.82 Å². The third kappa shape index (κ3) is 4.23. The molecule has 1 fully saturated rings.